The van der Waals surface area contributed by atoms with Crippen molar-refractivity contribution in [3.8, 4) is 0 Å². The monoisotopic (exact) mass is 602 g/mol. The summed E-state index contributed by atoms with van der Waals surface area (Å²) >= 11 is 4.97. The molecule has 0 heterocycles. The lowest BCUT2D eigenvalue weighted by molar-refractivity contribution is 0.0694. The third-order valence-electron chi connectivity index (χ3n) is 2.17. The zero-order valence-corrected chi connectivity index (χ0v) is 15.4. The van der Waals surface area contributed by atoms with Gasteiger partial charge < -0.3 is 15.3 Å². The van der Waals surface area contributed by atoms with E-state index in [1.54, 1.807) is 67.8 Å². The predicted octanol–water partition coefficient (Wildman–Crippen LogP) is 2.07. The Kier molecular flexibility index (Phi) is 5.94. The lowest BCUT2D eigenvalue weighted by Gasteiger charge is -2.14. The van der Waals surface area contributed by atoms with Gasteiger partial charge >= 0.3 is 11.9 Å². The second kappa shape index (κ2) is 6.62. The molecule has 0 spiro atoms. The van der Waals surface area contributed by atoms with Gasteiger partial charge in [0.1, 0.15) is 6.61 Å². The molecule has 0 atom stereocenters. The highest BCUT2D eigenvalue weighted by Crippen LogP contribution is 2.32. The minimum absolute atomic E-state index is 0.0564. The molecule has 0 saturated heterocycles. The summed E-state index contributed by atoms with van der Waals surface area (Å²) in [6.45, 7) is -0.815. The van der Waals surface area contributed by atoms with E-state index in [1.807, 2.05) is 0 Å². The fourth-order valence-electron chi connectivity index (χ4n) is 1.36. The van der Waals surface area contributed by atoms with E-state index < -0.39 is 24.3 Å². The molecule has 19 heavy (non-hydrogen) atoms. The molecule has 1 aromatic carbocycles. The second-order valence-electron chi connectivity index (χ2n) is 3.26. The maximum absolute atomic E-state index is 11.7. The van der Waals surface area contributed by atoms with Crippen molar-refractivity contribution < 1.29 is 29.7 Å². The Morgan fingerprint density at radius 3 is 1.37 bits per heavy atom. The van der Waals surface area contributed by atoms with Gasteiger partial charge in [0.2, 0.25) is 0 Å². The van der Waals surface area contributed by atoms with E-state index in [0.717, 1.165) is 0 Å². The number of carboxylic acids is 2. The third kappa shape index (κ3) is 3.18. The van der Waals surface area contributed by atoms with Gasteiger partial charge in [-0.25, -0.2) is 9.59 Å². The van der Waals surface area contributed by atoms with Gasteiger partial charge in [0.05, 0.1) is 11.1 Å². The summed E-state index contributed by atoms with van der Waals surface area (Å²) in [7, 11) is 0. The molecule has 0 aliphatic rings. The van der Waals surface area contributed by atoms with Gasteiger partial charge in [-0.1, -0.05) is 0 Å². The molecule has 9 heteroatoms. The van der Waals surface area contributed by atoms with Crippen molar-refractivity contribution in [3.05, 3.63) is 27.4 Å². The molecule has 0 unspecified atom stereocenters. The van der Waals surface area contributed by atoms with Gasteiger partial charge in [-0.05, 0) is 67.8 Å². The Hall–Kier alpha value is -0.0200. The SMILES string of the molecule is O=C(O)c1c(I)c(C(=O)O)c(I)c(C(=O)CO)c1I. The highest BCUT2D eigenvalue weighted by molar-refractivity contribution is 14.1. The molecule has 0 aromatic heterocycles. The fourth-order valence-corrected chi connectivity index (χ4v) is 6.05. The zero-order valence-electron chi connectivity index (χ0n) is 8.91. The average Bonchev–Trinajstić information content (AvgIpc) is 2.26. The molecule has 102 valence electrons. The van der Waals surface area contributed by atoms with Gasteiger partial charge in [0.25, 0.3) is 0 Å². The number of carboxylic acid groups (broad SMARTS) is 2. The standard InChI is InChI=1S/C10H5I3O6/c11-6-3(2(15)1-14)7(12)5(10(18)19)8(13)4(6)9(16)17/h14H,1H2,(H,16,17)(H,18,19). The number of hydrogen-bond acceptors (Lipinski definition) is 4. The molecule has 0 radical (unpaired) electrons. The summed E-state index contributed by atoms with van der Waals surface area (Å²) in [5.74, 6) is -3.35. The number of ketones is 1. The Balaban J connectivity index is 3.90. The first-order chi connectivity index (χ1) is 8.73. The Labute approximate surface area is 148 Å². The number of rotatable bonds is 4. The normalized spacial score (nSPS) is 10.3. The van der Waals surface area contributed by atoms with Crippen molar-refractivity contribution in [2.45, 2.75) is 0 Å². The molecule has 0 aliphatic carbocycles. The molecule has 0 saturated carbocycles. The van der Waals surface area contributed by atoms with Gasteiger partial charge in [-0.15, -0.1) is 0 Å². The van der Waals surface area contributed by atoms with Crippen molar-refractivity contribution >= 4 is 85.5 Å². The molecule has 0 bridgehead atoms. The summed E-state index contributed by atoms with van der Waals surface area (Å²) in [6.07, 6.45) is 0. The van der Waals surface area contributed by atoms with Crippen LogP contribution < -0.4 is 0 Å². The summed E-state index contributed by atoms with van der Waals surface area (Å²) in [6, 6.07) is 0. The van der Waals surface area contributed by atoms with E-state index in [2.05, 4.69) is 0 Å². The van der Waals surface area contributed by atoms with Crippen LogP contribution in [0.3, 0.4) is 0 Å². The molecule has 1 rings (SSSR count). The summed E-state index contributed by atoms with van der Waals surface area (Å²) in [5.41, 5.74) is -0.550. The van der Waals surface area contributed by atoms with Crippen LogP contribution in [0.15, 0.2) is 0 Å². The van der Waals surface area contributed by atoms with E-state index in [1.165, 1.54) is 0 Å². The summed E-state index contributed by atoms with van der Waals surface area (Å²) in [5, 5.41) is 27.2. The molecule has 1 aromatic rings. The van der Waals surface area contributed by atoms with Crippen molar-refractivity contribution in [1.82, 2.24) is 0 Å². The van der Waals surface area contributed by atoms with Crippen LogP contribution in [-0.2, 0) is 0 Å². The summed E-state index contributed by atoms with van der Waals surface area (Å²) in [4.78, 5) is 34.1. The smallest absolute Gasteiger partial charge is 0.337 e. The maximum atomic E-state index is 11.7. The number of aliphatic hydroxyl groups is 1. The number of carbonyl (C=O) groups excluding carboxylic acids is 1. The number of benzene rings is 1. The first-order valence-corrected chi connectivity index (χ1v) is 7.78. The first-order valence-electron chi connectivity index (χ1n) is 4.55. The minimum atomic E-state index is -1.32. The van der Waals surface area contributed by atoms with Crippen LogP contribution in [0.1, 0.15) is 31.1 Å². The van der Waals surface area contributed by atoms with E-state index in [4.69, 9.17) is 15.3 Å². The molecular weight excluding hydrogens is 597 g/mol. The number of Topliss-reactive ketones (excluding diaryl/α,β-unsaturated/α-hetero) is 1. The van der Waals surface area contributed by atoms with Crippen LogP contribution in [-0.4, -0.2) is 39.6 Å². The molecular formula is C10H5I3O6. The quantitative estimate of drug-likeness (QED) is 0.360. The number of hydrogen-bond donors (Lipinski definition) is 3. The number of aromatic carboxylic acids is 2. The average molecular weight is 602 g/mol. The van der Waals surface area contributed by atoms with Crippen LogP contribution >= 0.6 is 67.8 Å². The van der Waals surface area contributed by atoms with E-state index in [9.17, 15) is 14.4 Å². The van der Waals surface area contributed by atoms with E-state index in [-0.39, 0.29) is 27.4 Å². The molecule has 0 aliphatic heterocycles. The van der Waals surface area contributed by atoms with Crippen LogP contribution in [0.25, 0.3) is 0 Å². The highest BCUT2D eigenvalue weighted by Gasteiger charge is 2.29. The maximum Gasteiger partial charge on any atom is 0.337 e. The van der Waals surface area contributed by atoms with Gasteiger partial charge in [0.15, 0.2) is 5.78 Å². The largest absolute Gasteiger partial charge is 0.478 e. The Morgan fingerprint density at radius 1 is 0.789 bits per heavy atom. The topological polar surface area (TPSA) is 112 Å². The van der Waals surface area contributed by atoms with Gasteiger partial charge in [-0.2, -0.15) is 0 Å². The van der Waals surface area contributed by atoms with Crippen molar-refractivity contribution in [2.75, 3.05) is 6.61 Å². The second-order valence-corrected chi connectivity index (χ2v) is 6.49. The summed E-state index contributed by atoms with van der Waals surface area (Å²) < 4.78 is 0.312. The Morgan fingerprint density at radius 2 is 1.11 bits per heavy atom. The van der Waals surface area contributed by atoms with E-state index in [0.29, 0.717) is 0 Å². The van der Waals surface area contributed by atoms with Crippen LogP contribution in [0.5, 0.6) is 0 Å². The molecule has 0 amide bonds. The Bertz CT molecular complexity index is 554. The van der Waals surface area contributed by atoms with Gasteiger partial charge in [0, 0.05) is 16.3 Å². The fraction of sp³-hybridized carbons (Fsp3) is 0.100. The number of halogens is 3. The van der Waals surface area contributed by atoms with Crippen molar-refractivity contribution in [2.24, 2.45) is 0 Å². The first kappa shape index (κ1) is 17.0. The number of aliphatic hydroxyl groups excluding tert-OH is 1. The van der Waals surface area contributed by atoms with E-state index >= 15 is 0 Å². The van der Waals surface area contributed by atoms with Crippen molar-refractivity contribution in [1.29, 1.82) is 0 Å². The number of carbonyl (C=O) groups is 3. The minimum Gasteiger partial charge on any atom is -0.478 e. The highest BCUT2D eigenvalue weighted by atomic mass is 127. The molecule has 0 fully saturated rings. The molecule has 6 nitrogen and oxygen atoms in total. The third-order valence-corrected chi connectivity index (χ3v) is 5.40. The van der Waals surface area contributed by atoms with Gasteiger partial charge in [-0.3, -0.25) is 4.79 Å². The predicted molar refractivity (Wildman–Crippen MR) is 89.9 cm³/mol. The van der Waals surface area contributed by atoms with Crippen molar-refractivity contribution in [3.63, 3.8) is 0 Å². The van der Waals surface area contributed by atoms with Crippen LogP contribution in [0.2, 0.25) is 0 Å². The van der Waals surface area contributed by atoms with Crippen LogP contribution in [0.4, 0.5) is 0 Å². The lowest BCUT2D eigenvalue weighted by atomic mass is 10.0. The lowest BCUT2D eigenvalue weighted by Crippen LogP contribution is -2.19. The molecule has 3 N–H and O–H groups in total. The van der Waals surface area contributed by atoms with Crippen LogP contribution in [0, 0.1) is 10.7 Å². The zero-order chi connectivity index (χ0) is 14.9.